The Labute approximate surface area is 191 Å². The zero-order chi connectivity index (χ0) is 21.5. The number of nitrogens with zero attached hydrogens (tertiary/aromatic N) is 3. The fraction of sp³-hybridized carbons (Fsp3) is 0.364. The molecule has 4 rings (SSSR count). The van der Waals surface area contributed by atoms with Gasteiger partial charge in [0.1, 0.15) is 18.8 Å². The minimum Gasteiger partial charge on any atom is -0.263 e. The third-order valence-electron chi connectivity index (χ3n) is 5.91. The molecular formula is C22H24Cl3N4O+. The Morgan fingerprint density at radius 2 is 1.70 bits per heavy atom. The van der Waals surface area contributed by atoms with E-state index in [0.29, 0.717) is 31.1 Å². The molecule has 2 aromatic carbocycles. The summed E-state index contributed by atoms with van der Waals surface area (Å²) in [7, 11) is 2.05. The number of nitrogens with one attached hydrogen (secondary N) is 1. The minimum absolute atomic E-state index is 0.140. The van der Waals surface area contributed by atoms with E-state index in [1.54, 1.807) is 12.1 Å². The van der Waals surface area contributed by atoms with Crippen LogP contribution < -0.4 is 10.4 Å². The lowest BCUT2D eigenvalue weighted by atomic mass is 9.91. The molecule has 2 aliphatic rings. The van der Waals surface area contributed by atoms with E-state index >= 15 is 0 Å². The molecule has 2 atom stereocenters. The summed E-state index contributed by atoms with van der Waals surface area (Å²) in [6, 6.07) is 12.7. The fourth-order valence-electron chi connectivity index (χ4n) is 4.29. The van der Waals surface area contributed by atoms with Gasteiger partial charge in [-0.2, -0.15) is 10.5 Å². The van der Waals surface area contributed by atoms with Crippen LogP contribution >= 0.6 is 34.8 Å². The Morgan fingerprint density at radius 1 is 1.07 bits per heavy atom. The number of hydrogen-bond acceptors (Lipinski definition) is 3. The maximum atomic E-state index is 13.2. The molecule has 0 unspecified atom stereocenters. The van der Waals surface area contributed by atoms with Crippen molar-refractivity contribution >= 4 is 52.1 Å². The van der Waals surface area contributed by atoms with Gasteiger partial charge < -0.3 is 0 Å². The molecule has 2 aliphatic heterocycles. The molecule has 0 bridgehead atoms. The number of carbonyl (C=O) groups excluding carboxylic acids is 1. The SMILES string of the molecule is C[C@@H]1C(C(=O)N[N+]2(C)CCCC2)=NN(c2ccc(Cl)cc2Cl)[C@@H]1c1ccc(Cl)cc1. The zero-order valence-corrected chi connectivity index (χ0v) is 19.2. The smallest absolute Gasteiger partial charge is 0.263 e. The van der Waals surface area contributed by atoms with Crippen molar-refractivity contribution in [1.82, 2.24) is 5.43 Å². The molecule has 0 radical (unpaired) electrons. The van der Waals surface area contributed by atoms with Crippen molar-refractivity contribution in [2.24, 2.45) is 11.0 Å². The van der Waals surface area contributed by atoms with E-state index in [1.165, 1.54) is 0 Å². The summed E-state index contributed by atoms with van der Waals surface area (Å²) in [6.45, 7) is 3.88. The average Bonchev–Trinajstić information content (AvgIpc) is 3.26. The van der Waals surface area contributed by atoms with Crippen molar-refractivity contribution in [2.75, 3.05) is 25.1 Å². The summed E-state index contributed by atoms with van der Waals surface area (Å²) in [4.78, 5) is 13.2. The van der Waals surface area contributed by atoms with E-state index in [9.17, 15) is 4.79 Å². The van der Waals surface area contributed by atoms with E-state index in [0.717, 1.165) is 31.5 Å². The molecule has 1 amide bonds. The molecule has 0 spiro atoms. The lowest BCUT2D eigenvalue weighted by Gasteiger charge is -2.29. The molecule has 158 valence electrons. The zero-order valence-electron chi connectivity index (χ0n) is 16.9. The predicted molar refractivity (Wildman–Crippen MR) is 123 cm³/mol. The third-order valence-corrected chi connectivity index (χ3v) is 6.70. The van der Waals surface area contributed by atoms with Gasteiger partial charge in [-0.15, -0.1) is 0 Å². The Balaban J connectivity index is 1.72. The first-order valence-electron chi connectivity index (χ1n) is 10.0. The maximum absolute atomic E-state index is 13.2. The monoisotopic (exact) mass is 465 g/mol. The molecule has 0 aromatic heterocycles. The Morgan fingerprint density at radius 3 is 2.33 bits per heavy atom. The molecule has 2 aromatic rings. The number of hydrogen-bond donors (Lipinski definition) is 1. The Bertz CT molecular complexity index is 986. The van der Waals surface area contributed by atoms with Crippen LogP contribution in [-0.2, 0) is 4.79 Å². The first-order chi connectivity index (χ1) is 14.3. The van der Waals surface area contributed by atoms with Crippen LogP contribution in [0.2, 0.25) is 15.1 Å². The lowest BCUT2D eigenvalue weighted by molar-refractivity contribution is -0.931. The Kier molecular flexibility index (Phi) is 5.99. The maximum Gasteiger partial charge on any atom is 0.312 e. The van der Waals surface area contributed by atoms with Crippen LogP contribution in [-0.4, -0.2) is 36.3 Å². The number of halogens is 3. The van der Waals surface area contributed by atoms with Crippen LogP contribution in [0.15, 0.2) is 47.6 Å². The number of amides is 1. The summed E-state index contributed by atoms with van der Waals surface area (Å²) < 4.78 is 0.540. The molecule has 1 N–H and O–H groups in total. The van der Waals surface area contributed by atoms with E-state index in [2.05, 4.69) is 12.5 Å². The van der Waals surface area contributed by atoms with E-state index in [-0.39, 0.29) is 17.9 Å². The van der Waals surface area contributed by atoms with E-state index < -0.39 is 0 Å². The summed E-state index contributed by atoms with van der Waals surface area (Å²) in [6.07, 6.45) is 2.22. The highest BCUT2D eigenvalue weighted by molar-refractivity contribution is 6.40. The number of anilines is 1. The highest BCUT2D eigenvalue weighted by atomic mass is 35.5. The summed E-state index contributed by atoms with van der Waals surface area (Å²) in [5.74, 6) is -0.287. The number of carbonyl (C=O) groups is 1. The molecule has 5 nitrogen and oxygen atoms in total. The molecule has 0 aliphatic carbocycles. The molecule has 2 heterocycles. The van der Waals surface area contributed by atoms with Gasteiger partial charge in [0.05, 0.1) is 23.8 Å². The second-order valence-corrected chi connectivity index (χ2v) is 9.48. The molecule has 8 heteroatoms. The topological polar surface area (TPSA) is 44.7 Å². The van der Waals surface area contributed by atoms with Gasteiger partial charge in [-0.05, 0) is 35.9 Å². The van der Waals surface area contributed by atoms with Crippen LogP contribution in [0.3, 0.4) is 0 Å². The van der Waals surface area contributed by atoms with Gasteiger partial charge in [0.25, 0.3) is 0 Å². The fourth-order valence-corrected chi connectivity index (χ4v) is 4.91. The highest BCUT2D eigenvalue weighted by Gasteiger charge is 2.42. The second kappa shape index (κ2) is 8.39. The van der Waals surface area contributed by atoms with Crippen LogP contribution in [0.25, 0.3) is 0 Å². The number of rotatable bonds is 4. The average molecular weight is 467 g/mol. The van der Waals surface area contributed by atoms with Crippen molar-refractivity contribution in [3.05, 3.63) is 63.1 Å². The summed E-state index contributed by atoms with van der Waals surface area (Å²) in [5.41, 5.74) is 5.37. The lowest BCUT2D eigenvalue weighted by Crippen LogP contribution is -2.57. The van der Waals surface area contributed by atoms with Crippen LogP contribution in [0.1, 0.15) is 31.4 Å². The van der Waals surface area contributed by atoms with Gasteiger partial charge in [-0.3, -0.25) is 9.80 Å². The van der Waals surface area contributed by atoms with Crippen LogP contribution in [0.5, 0.6) is 0 Å². The van der Waals surface area contributed by atoms with Gasteiger partial charge in [-0.1, -0.05) is 53.9 Å². The number of likely N-dealkylation sites (tertiary alicyclic amines) is 1. The van der Waals surface area contributed by atoms with Crippen molar-refractivity contribution in [3.8, 4) is 0 Å². The van der Waals surface area contributed by atoms with Crippen LogP contribution in [0, 0.1) is 5.92 Å². The molecule has 1 saturated heterocycles. The second-order valence-electron chi connectivity index (χ2n) is 8.20. The molecule has 30 heavy (non-hydrogen) atoms. The summed E-state index contributed by atoms with van der Waals surface area (Å²) in [5, 5.41) is 8.27. The van der Waals surface area contributed by atoms with Crippen molar-refractivity contribution < 1.29 is 9.39 Å². The van der Waals surface area contributed by atoms with Gasteiger partial charge in [-0.25, -0.2) is 4.59 Å². The van der Waals surface area contributed by atoms with Crippen molar-refractivity contribution in [3.63, 3.8) is 0 Å². The number of benzene rings is 2. The van der Waals surface area contributed by atoms with E-state index in [4.69, 9.17) is 39.9 Å². The summed E-state index contributed by atoms with van der Waals surface area (Å²) >= 11 is 18.7. The van der Waals surface area contributed by atoms with Gasteiger partial charge in [0, 0.05) is 28.8 Å². The van der Waals surface area contributed by atoms with E-state index in [1.807, 2.05) is 42.3 Å². The van der Waals surface area contributed by atoms with Gasteiger partial charge in [0.15, 0.2) is 0 Å². The third kappa shape index (κ3) is 4.17. The van der Waals surface area contributed by atoms with Crippen molar-refractivity contribution in [1.29, 1.82) is 0 Å². The normalized spacial score (nSPS) is 22.8. The first-order valence-corrected chi connectivity index (χ1v) is 11.2. The quantitative estimate of drug-likeness (QED) is 0.607. The van der Waals surface area contributed by atoms with Gasteiger partial charge in [0.2, 0.25) is 0 Å². The van der Waals surface area contributed by atoms with Crippen LogP contribution in [0.4, 0.5) is 5.69 Å². The molecule has 1 fully saturated rings. The molecular weight excluding hydrogens is 443 g/mol. The van der Waals surface area contributed by atoms with Gasteiger partial charge >= 0.3 is 5.91 Å². The number of quaternary nitrogens is 1. The largest absolute Gasteiger partial charge is 0.312 e. The van der Waals surface area contributed by atoms with Crippen molar-refractivity contribution in [2.45, 2.75) is 25.8 Å². The first kappa shape index (κ1) is 21.4. The number of hydrazone groups is 1. The Hall–Kier alpha value is -1.79. The predicted octanol–water partition coefficient (Wildman–Crippen LogP) is 5.47. The highest BCUT2D eigenvalue weighted by Crippen LogP contribution is 2.42. The molecule has 0 saturated carbocycles. The standard InChI is InChI=1S/C22H23Cl3N4O/c1-14-20(22(30)27-29(2)11-3-4-12-29)26-28(19-10-9-17(24)13-18(19)25)21(14)15-5-7-16(23)8-6-15/h5-10,13-14,21H,3-4,11-12H2,1-2H3/p+1/t14-,21+/m1/s1. The minimum atomic E-state index is -0.189.